The van der Waals surface area contributed by atoms with Crippen LogP contribution in [0.1, 0.15) is 329 Å². The van der Waals surface area contributed by atoms with E-state index in [1.807, 2.05) is 0 Å². The van der Waals surface area contributed by atoms with Crippen LogP contribution >= 0.6 is 0 Å². The molecule has 0 spiro atoms. The summed E-state index contributed by atoms with van der Waals surface area (Å²) < 4.78 is 17.0. The lowest BCUT2D eigenvalue weighted by Gasteiger charge is -2.18. The van der Waals surface area contributed by atoms with Gasteiger partial charge in [-0.3, -0.25) is 14.4 Å². The molecule has 0 saturated heterocycles. The van der Waals surface area contributed by atoms with E-state index in [1.54, 1.807) is 0 Å². The van der Waals surface area contributed by atoms with Crippen molar-refractivity contribution in [3.63, 3.8) is 0 Å². The quantitative estimate of drug-likeness (QED) is 0.0261. The van der Waals surface area contributed by atoms with Gasteiger partial charge in [-0.15, -0.1) is 0 Å². The summed E-state index contributed by atoms with van der Waals surface area (Å²) in [5, 5.41) is 0. The summed E-state index contributed by atoms with van der Waals surface area (Å²) in [6, 6.07) is 0. The molecule has 1 unspecified atom stereocenters. The van der Waals surface area contributed by atoms with Gasteiger partial charge in [-0.25, -0.2) is 0 Å². The lowest BCUT2D eigenvalue weighted by molar-refractivity contribution is -0.167. The normalized spacial score (nSPS) is 12.8. The molecule has 464 valence electrons. The van der Waals surface area contributed by atoms with E-state index < -0.39 is 6.10 Å². The number of carbonyl (C=O) groups excluding carboxylic acids is 3. The minimum atomic E-state index is -0.791. The van der Waals surface area contributed by atoms with Crippen molar-refractivity contribution in [2.24, 2.45) is 0 Å². The average molecular weight is 1130 g/mol. The fourth-order valence-electron chi connectivity index (χ4n) is 9.63. The first kappa shape index (κ1) is 77.1. The number of hydrogen-bond acceptors (Lipinski definition) is 6. The molecule has 6 nitrogen and oxygen atoms in total. The van der Waals surface area contributed by atoms with Crippen molar-refractivity contribution < 1.29 is 28.6 Å². The highest BCUT2D eigenvalue weighted by molar-refractivity contribution is 5.71. The third-order valence-corrected chi connectivity index (χ3v) is 14.8. The Morgan fingerprint density at radius 2 is 0.481 bits per heavy atom. The lowest BCUT2D eigenvalue weighted by Crippen LogP contribution is -2.30. The summed E-state index contributed by atoms with van der Waals surface area (Å²) in [7, 11) is 0. The minimum Gasteiger partial charge on any atom is -0.462 e. The third kappa shape index (κ3) is 66.8. The highest BCUT2D eigenvalue weighted by atomic mass is 16.6. The monoisotopic (exact) mass is 1120 g/mol. The molecular formula is C75H128O6. The highest BCUT2D eigenvalue weighted by Crippen LogP contribution is 2.17. The maximum absolute atomic E-state index is 12.9. The third-order valence-electron chi connectivity index (χ3n) is 14.8. The zero-order valence-corrected chi connectivity index (χ0v) is 53.3. The molecule has 0 aliphatic rings. The van der Waals surface area contributed by atoms with Gasteiger partial charge in [-0.2, -0.15) is 0 Å². The van der Waals surface area contributed by atoms with Crippen molar-refractivity contribution in [3.05, 3.63) is 109 Å². The maximum Gasteiger partial charge on any atom is 0.306 e. The molecule has 0 rings (SSSR count). The van der Waals surface area contributed by atoms with Crippen LogP contribution in [-0.4, -0.2) is 37.2 Å². The van der Waals surface area contributed by atoms with Crippen LogP contribution in [0.4, 0.5) is 0 Å². The topological polar surface area (TPSA) is 78.9 Å². The SMILES string of the molecule is CC/C=C\C/C=C\C/C=C\C/C=C\C/C=C\C/C=C\C/C=C\C/C=C\CCCCCCC(=O)OCC(COC(=O)CCCCCCCCCCCCCCCCC)OC(=O)CCCCCCCCCCC/C=C\CCCCCCCC. The van der Waals surface area contributed by atoms with Crippen molar-refractivity contribution in [1.82, 2.24) is 0 Å². The van der Waals surface area contributed by atoms with E-state index in [4.69, 9.17) is 14.2 Å². The Morgan fingerprint density at radius 1 is 0.259 bits per heavy atom. The highest BCUT2D eigenvalue weighted by Gasteiger charge is 2.19. The van der Waals surface area contributed by atoms with Crippen LogP contribution < -0.4 is 0 Å². The molecule has 0 bridgehead atoms. The Bertz CT molecular complexity index is 1620. The van der Waals surface area contributed by atoms with Crippen molar-refractivity contribution in [2.45, 2.75) is 335 Å². The second kappa shape index (κ2) is 68.6. The standard InChI is InChI=1S/C75H128O6/c1-4-7-10-13-16-19-22-25-28-30-32-33-34-35-36-37-38-39-40-41-43-44-47-50-53-56-59-62-65-68-74(77)80-71-72(70-79-73(76)67-64-61-58-55-52-49-46-27-24-21-18-15-12-9-6-3)81-75(78)69-66-63-60-57-54-51-48-45-42-31-29-26-23-20-17-14-11-8-5-2/h7,10,16,19,25-26,28-29,32-33,35-36,38-39,41,43,47,50,72H,4-6,8-9,11-15,17-18,20-24,27,30-31,34,37,40,42,44-46,48-49,51-71H2,1-3H3/b10-7-,19-16-,28-25-,29-26-,33-32-,36-35-,39-38-,43-41-,50-47-. The Balaban J connectivity index is 4.39. The van der Waals surface area contributed by atoms with E-state index in [0.29, 0.717) is 19.3 Å². The number of esters is 3. The molecule has 0 fully saturated rings. The minimum absolute atomic E-state index is 0.0845. The lowest BCUT2D eigenvalue weighted by atomic mass is 10.0. The van der Waals surface area contributed by atoms with Gasteiger partial charge in [0.05, 0.1) is 0 Å². The van der Waals surface area contributed by atoms with E-state index in [-0.39, 0.29) is 31.1 Å². The number of hydrogen-bond donors (Lipinski definition) is 0. The van der Waals surface area contributed by atoms with Gasteiger partial charge in [0.1, 0.15) is 13.2 Å². The molecule has 0 heterocycles. The number of unbranched alkanes of at least 4 members (excludes halogenated alkanes) is 33. The first-order valence-electron chi connectivity index (χ1n) is 34.4. The van der Waals surface area contributed by atoms with Gasteiger partial charge in [-0.1, -0.05) is 310 Å². The predicted molar refractivity (Wildman–Crippen MR) is 353 cm³/mol. The second-order valence-corrected chi connectivity index (χ2v) is 22.7. The first-order valence-corrected chi connectivity index (χ1v) is 34.4. The van der Waals surface area contributed by atoms with Crippen LogP contribution in [-0.2, 0) is 28.6 Å². The number of allylic oxidation sites excluding steroid dienone is 18. The maximum atomic E-state index is 12.9. The first-order chi connectivity index (χ1) is 40.0. The van der Waals surface area contributed by atoms with Gasteiger partial charge in [0.15, 0.2) is 6.10 Å². The van der Waals surface area contributed by atoms with Gasteiger partial charge in [0.25, 0.3) is 0 Å². The summed E-state index contributed by atoms with van der Waals surface area (Å²) in [5.74, 6) is -0.899. The second-order valence-electron chi connectivity index (χ2n) is 22.7. The smallest absolute Gasteiger partial charge is 0.306 e. The molecule has 1 atom stereocenters. The predicted octanol–water partition coefficient (Wildman–Crippen LogP) is 23.8. The molecule has 0 radical (unpaired) electrons. The molecule has 6 heteroatoms. The summed E-state index contributed by atoms with van der Waals surface area (Å²) in [4.78, 5) is 38.4. The van der Waals surface area contributed by atoms with Crippen LogP contribution in [0, 0.1) is 0 Å². The number of ether oxygens (including phenoxy) is 3. The van der Waals surface area contributed by atoms with Crippen LogP contribution in [0.25, 0.3) is 0 Å². The van der Waals surface area contributed by atoms with E-state index in [1.165, 1.54) is 167 Å². The molecule has 0 aromatic rings. The largest absolute Gasteiger partial charge is 0.462 e. The molecule has 0 saturated carbocycles. The summed E-state index contributed by atoms with van der Waals surface area (Å²) in [5.41, 5.74) is 0. The molecule has 0 aliphatic heterocycles. The summed E-state index contributed by atoms with van der Waals surface area (Å²) in [6.07, 6.45) is 93.8. The number of rotatable bonds is 62. The fraction of sp³-hybridized carbons (Fsp3) is 0.720. The molecule has 0 aromatic heterocycles. The van der Waals surface area contributed by atoms with Crippen molar-refractivity contribution >= 4 is 17.9 Å². The van der Waals surface area contributed by atoms with Gasteiger partial charge < -0.3 is 14.2 Å². The molecule has 0 aromatic carbocycles. The van der Waals surface area contributed by atoms with Gasteiger partial charge >= 0.3 is 17.9 Å². The van der Waals surface area contributed by atoms with Gasteiger partial charge in [0, 0.05) is 19.3 Å². The summed E-state index contributed by atoms with van der Waals surface area (Å²) in [6.45, 7) is 6.54. The Hall–Kier alpha value is -3.93. The Morgan fingerprint density at radius 3 is 0.765 bits per heavy atom. The van der Waals surface area contributed by atoms with Crippen molar-refractivity contribution in [1.29, 1.82) is 0 Å². The van der Waals surface area contributed by atoms with Crippen LogP contribution in [0.5, 0.6) is 0 Å². The van der Waals surface area contributed by atoms with Gasteiger partial charge in [0.2, 0.25) is 0 Å². The Labute approximate surface area is 501 Å². The number of carbonyl (C=O) groups is 3. The van der Waals surface area contributed by atoms with E-state index in [0.717, 1.165) is 122 Å². The zero-order valence-electron chi connectivity index (χ0n) is 53.3. The van der Waals surface area contributed by atoms with E-state index in [2.05, 4.69) is 130 Å². The molecule has 0 N–H and O–H groups in total. The van der Waals surface area contributed by atoms with Crippen molar-refractivity contribution in [3.8, 4) is 0 Å². The average Bonchev–Trinajstić information content (AvgIpc) is 3.47. The van der Waals surface area contributed by atoms with Crippen LogP contribution in [0.3, 0.4) is 0 Å². The van der Waals surface area contributed by atoms with E-state index >= 15 is 0 Å². The molecule has 0 aliphatic carbocycles. The zero-order chi connectivity index (χ0) is 58.5. The van der Waals surface area contributed by atoms with Gasteiger partial charge in [-0.05, 0) is 109 Å². The molecule has 0 amide bonds. The molecule has 81 heavy (non-hydrogen) atoms. The van der Waals surface area contributed by atoms with Crippen LogP contribution in [0.2, 0.25) is 0 Å². The summed E-state index contributed by atoms with van der Waals surface area (Å²) >= 11 is 0. The van der Waals surface area contributed by atoms with E-state index in [9.17, 15) is 14.4 Å². The fourth-order valence-corrected chi connectivity index (χ4v) is 9.63. The Kier molecular flexibility index (Phi) is 65.2. The van der Waals surface area contributed by atoms with Crippen molar-refractivity contribution in [2.75, 3.05) is 13.2 Å². The molecular weight excluding hydrogens is 997 g/mol. The van der Waals surface area contributed by atoms with Crippen LogP contribution in [0.15, 0.2) is 109 Å².